The minimum Gasteiger partial charge on any atom is -0.265 e. The molecule has 0 aliphatic carbocycles. The fraction of sp³-hybridized carbons (Fsp3) is 0. The van der Waals surface area contributed by atoms with Gasteiger partial charge in [-0.2, -0.15) is 0 Å². The lowest BCUT2D eigenvalue weighted by molar-refractivity contribution is 1.33. The molecule has 0 aliphatic heterocycles. The lowest BCUT2D eigenvalue weighted by atomic mass is 10.1. The second kappa shape index (κ2) is 3.71. The molecule has 0 unspecified atom stereocenters. The minimum absolute atomic E-state index is 1.11. The Labute approximate surface area is 85.6 Å². The number of nitrogens with zero attached hydrogens (tertiary/aromatic N) is 1. The summed E-state index contributed by atoms with van der Waals surface area (Å²) < 4.78 is 1.11. The third-order valence-electron chi connectivity index (χ3n) is 1.87. The van der Waals surface area contributed by atoms with Gasteiger partial charge in [-0.25, -0.2) is 0 Å². The van der Waals surface area contributed by atoms with Gasteiger partial charge in [0.05, 0.1) is 0 Å². The van der Waals surface area contributed by atoms with Crippen LogP contribution in [0.2, 0.25) is 0 Å². The van der Waals surface area contributed by atoms with Gasteiger partial charge in [0.15, 0.2) is 0 Å². The van der Waals surface area contributed by atoms with E-state index < -0.39 is 0 Å². The van der Waals surface area contributed by atoms with Crippen molar-refractivity contribution in [3.05, 3.63) is 53.3 Å². The van der Waals surface area contributed by atoms with E-state index in [0.717, 1.165) is 4.47 Å². The summed E-state index contributed by atoms with van der Waals surface area (Å²) in [5.74, 6) is 0. The van der Waals surface area contributed by atoms with Crippen LogP contribution in [0.15, 0.2) is 53.3 Å². The van der Waals surface area contributed by atoms with Gasteiger partial charge >= 0.3 is 0 Å². The number of hydrogen-bond acceptors (Lipinski definition) is 1. The van der Waals surface area contributed by atoms with E-state index in [1.54, 1.807) is 12.4 Å². The van der Waals surface area contributed by atoms with E-state index in [4.69, 9.17) is 0 Å². The SMILES string of the molecule is Brc1ccccc1-c1ccncc1. The molecule has 0 saturated heterocycles. The number of aromatic nitrogens is 1. The van der Waals surface area contributed by atoms with Gasteiger partial charge in [0.25, 0.3) is 0 Å². The summed E-state index contributed by atoms with van der Waals surface area (Å²) in [4.78, 5) is 3.99. The summed E-state index contributed by atoms with van der Waals surface area (Å²) in [6.07, 6.45) is 3.60. The maximum atomic E-state index is 3.99. The second-order valence-corrected chi connectivity index (χ2v) is 3.57. The number of pyridine rings is 1. The van der Waals surface area contributed by atoms with Gasteiger partial charge in [0.2, 0.25) is 0 Å². The van der Waals surface area contributed by atoms with Crippen LogP contribution < -0.4 is 0 Å². The van der Waals surface area contributed by atoms with Gasteiger partial charge in [0, 0.05) is 16.9 Å². The average Bonchev–Trinajstić information content (AvgIpc) is 2.20. The van der Waals surface area contributed by atoms with Crippen LogP contribution in [0.25, 0.3) is 11.1 Å². The average molecular weight is 234 g/mol. The summed E-state index contributed by atoms with van der Waals surface area (Å²) >= 11 is 3.51. The predicted octanol–water partition coefficient (Wildman–Crippen LogP) is 3.51. The number of benzene rings is 1. The Kier molecular flexibility index (Phi) is 2.41. The highest BCUT2D eigenvalue weighted by Crippen LogP contribution is 2.26. The number of halogens is 1. The zero-order chi connectivity index (χ0) is 9.10. The van der Waals surface area contributed by atoms with Gasteiger partial charge in [-0.3, -0.25) is 4.98 Å². The van der Waals surface area contributed by atoms with Crippen LogP contribution in [0.4, 0.5) is 0 Å². The smallest absolute Gasteiger partial charge is 0.0273 e. The molecule has 2 aromatic rings. The van der Waals surface area contributed by atoms with Crippen LogP contribution in [-0.4, -0.2) is 4.98 Å². The van der Waals surface area contributed by atoms with Crippen molar-refractivity contribution >= 4 is 15.9 Å². The van der Waals surface area contributed by atoms with E-state index >= 15 is 0 Å². The van der Waals surface area contributed by atoms with Gasteiger partial charge in [-0.15, -0.1) is 0 Å². The summed E-state index contributed by atoms with van der Waals surface area (Å²) in [5, 5.41) is 0. The monoisotopic (exact) mass is 233 g/mol. The molecular formula is C11H8BrN. The van der Waals surface area contributed by atoms with Gasteiger partial charge in [-0.05, 0) is 29.3 Å². The standard InChI is InChI=1S/C11H8BrN/c12-11-4-2-1-3-10(11)9-5-7-13-8-6-9/h1-8H. The fourth-order valence-corrected chi connectivity index (χ4v) is 1.74. The van der Waals surface area contributed by atoms with E-state index in [2.05, 4.69) is 27.0 Å². The van der Waals surface area contributed by atoms with Gasteiger partial charge in [-0.1, -0.05) is 34.1 Å². The van der Waals surface area contributed by atoms with Crippen molar-refractivity contribution in [2.75, 3.05) is 0 Å². The third kappa shape index (κ3) is 1.78. The van der Waals surface area contributed by atoms with Crippen molar-refractivity contribution < 1.29 is 0 Å². The highest BCUT2D eigenvalue weighted by Gasteiger charge is 1.99. The topological polar surface area (TPSA) is 12.9 Å². The molecule has 1 nitrogen and oxygen atoms in total. The second-order valence-electron chi connectivity index (χ2n) is 2.72. The Balaban J connectivity index is 2.54. The highest BCUT2D eigenvalue weighted by atomic mass is 79.9. The van der Waals surface area contributed by atoms with Crippen LogP contribution in [0.1, 0.15) is 0 Å². The molecule has 0 bridgehead atoms. The molecule has 2 heteroatoms. The van der Waals surface area contributed by atoms with E-state index in [-0.39, 0.29) is 0 Å². The van der Waals surface area contributed by atoms with Gasteiger partial charge < -0.3 is 0 Å². The number of rotatable bonds is 1. The minimum atomic E-state index is 1.11. The van der Waals surface area contributed by atoms with Crippen LogP contribution in [0.5, 0.6) is 0 Å². The molecule has 0 saturated carbocycles. The first-order chi connectivity index (χ1) is 6.38. The Morgan fingerprint density at radius 3 is 2.31 bits per heavy atom. The Hall–Kier alpha value is -1.15. The summed E-state index contributed by atoms with van der Waals surface area (Å²) in [5.41, 5.74) is 2.38. The zero-order valence-electron chi connectivity index (χ0n) is 6.94. The maximum absolute atomic E-state index is 3.99. The van der Waals surface area contributed by atoms with Crippen molar-refractivity contribution in [3.63, 3.8) is 0 Å². The lowest BCUT2D eigenvalue weighted by Crippen LogP contribution is -1.79. The molecule has 0 amide bonds. The molecule has 0 radical (unpaired) electrons. The Morgan fingerprint density at radius 1 is 0.923 bits per heavy atom. The van der Waals surface area contributed by atoms with E-state index in [9.17, 15) is 0 Å². The summed E-state index contributed by atoms with van der Waals surface area (Å²) in [7, 11) is 0. The molecule has 0 atom stereocenters. The quantitative estimate of drug-likeness (QED) is 0.735. The Morgan fingerprint density at radius 2 is 1.62 bits per heavy atom. The third-order valence-corrected chi connectivity index (χ3v) is 2.56. The van der Waals surface area contributed by atoms with E-state index in [1.807, 2.05) is 30.3 Å². The molecule has 0 fully saturated rings. The zero-order valence-corrected chi connectivity index (χ0v) is 8.53. The lowest BCUT2D eigenvalue weighted by Gasteiger charge is -2.02. The molecule has 64 valence electrons. The van der Waals surface area contributed by atoms with Crippen molar-refractivity contribution in [1.82, 2.24) is 4.98 Å². The molecular weight excluding hydrogens is 226 g/mol. The molecule has 2 rings (SSSR count). The van der Waals surface area contributed by atoms with E-state index in [1.165, 1.54) is 11.1 Å². The van der Waals surface area contributed by atoms with Crippen LogP contribution in [-0.2, 0) is 0 Å². The molecule has 0 spiro atoms. The van der Waals surface area contributed by atoms with Gasteiger partial charge in [0.1, 0.15) is 0 Å². The molecule has 13 heavy (non-hydrogen) atoms. The first-order valence-corrected chi connectivity index (χ1v) is 4.82. The van der Waals surface area contributed by atoms with Crippen molar-refractivity contribution in [3.8, 4) is 11.1 Å². The van der Waals surface area contributed by atoms with Crippen molar-refractivity contribution in [2.45, 2.75) is 0 Å². The first kappa shape index (κ1) is 8.45. The highest BCUT2D eigenvalue weighted by molar-refractivity contribution is 9.10. The largest absolute Gasteiger partial charge is 0.265 e. The molecule has 1 aromatic heterocycles. The normalized spacial score (nSPS) is 9.92. The maximum Gasteiger partial charge on any atom is 0.0273 e. The molecule has 1 aromatic carbocycles. The first-order valence-electron chi connectivity index (χ1n) is 4.03. The molecule has 1 heterocycles. The van der Waals surface area contributed by atoms with Crippen molar-refractivity contribution in [2.24, 2.45) is 0 Å². The predicted molar refractivity (Wildman–Crippen MR) is 57.4 cm³/mol. The van der Waals surface area contributed by atoms with Crippen molar-refractivity contribution in [1.29, 1.82) is 0 Å². The van der Waals surface area contributed by atoms with E-state index in [0.29, 0.717) is 0 Å². The van der Waals surface area contributed by atoms with Crippen LogP contribution in [0, 0.1) is 0 Å². The summed E-state index contributed by atoms with van der Waals surface area (Å²) in [6.45, 7) is 0. The van der Waals surface area contributed by atoms with Crippen LogP contribution >= 0.6 is 15.9 Å². The van der Waals surface area contributed by atoms with Crippen LogP contribution in [0.3, 0.4) is 0 Å². The molecule has 0 N–H and O–H groups in total. The summed E-state index contributed by atoms with van der Waals surface area (Å²) in [6, 6.07) is 12.2. The number of hydrogen-bond donors (Lipinski definition) is 0. The fourth-order valence-electron chi connectivity index (χ4n) is 1.23. The molecule has 0 aliphatic rings. The Bertz CT molecular complexity index is 398.